The Bertz CT molecular complexity index is 343. The number of nitrogens with one attached hydrogen (secondary N) is 1. The topological polar surface area (TPSA) is 56.5 Å². The largest absolute Gasteiger partial charge is 0.497 e. The molecule has 0 aliphatic carbocycles. The van der Waals surface area contributed by atoms with Crippen LogP contribution in [-0.4, -0.2) is 26.9 Å². The van der Waals surface area contributed by atoms with E-state index in [1.54, 1.807) is 7.11 Å². The smallest absolute Gasteiger partial charge is 0.121 e. The predicted octanol–water partition coefficient (Wildman–Crippen LogP) is 2.90. The summed E-state index contributed by atoms with van der Waals surface area (Å²) in [5, 5.41) is 3.29. The van der Waals surface area contributed by atoms with E-state index in [1.165, 1.54) is 6.42 Å². The molecule has 0 saturated heterocycles. The molecule has 0 spiro atoms. The van der Waals surface area contributed by atoms with Crippen LogP contribution >= 0.6 is 0 Å². The van der Waals surface area contributed by atoms with Crippen LogP contribution in [0.3, 0.4) is 0 Å². The average molecular weight is 252 g/mol. The zero-order valence-electron chi connectivity index (χ0n) is 11.4. The molecule has 0 amide bonds. The van der Waals surface area contributed by atoms with E-state index < -0.39 is 0 Å². The first-order valence-electron chi connectivity index (χ1n) is 6.53. The van der Waals surface area contributed by atoms with Crippen molar-refractivity contribution in [1.82, 2.24) is 0 Å². The van der Waals surface area contributed by atoms with Crippen molar-refractivity contribution in [3.63, 3.8) is 0 Å². The molecule has 0 fully saturated rings. The van der Waals surface area contributed by atoms with Crippen LogP contribution in [0.1, 0.15) is 26.2 Å². The molecule has 1 rings (SSSR count). The van der Waals surface area contributed by atoms with Gasteiger partial charge in [-0.3, -0.25) is 0 Å². The average Bonchev–Trinajstić information content (AvgIpc) is 2.39. The molecule has 1 aromatic carbocycles. The number of hydrogen-bond acceptors (Lipinski definition) is 4. The fourth-order valence-corrected chi connectivity index (χ4v) is 1.57. The Hall–Kier alpha value is -1.42. The molecule has 4 nitrogen and oxygen atoms in total. The first kappa shape index (κ1) is 14.6. The molecule has 0 saturated carbocycles. The van der Waals surface area contributed by atoms with Crippen molar-refractivity contribution < 1.29 is 9.47 Å². The molecule has 4 heteroatoms. The minimum atomic E-state index is 0.709. The van der Waals surface area contributed by atoms with Gasteiger partial charge in [0.1, 0.15) is 5.75 Å². The Kier molecular flexibility index (Phi) is 7.03. The summed E-state index contributed by atoms with van der Waals surface area (Å²) in [4.78, 5) is 0. The highest BCUT2D eigenvalue weighted by Gasteiger charge is 2.00. The van der Waals surface area contributed by atoms with Crippen molar-refractivity contribution >= 4 is 11.4 Å². The van der Waals surface area contributed by atoms with E-state index in [9.17, 15) is 0 Å². The van der Waals surface area contributed by atoms with Crippen molar-refractivity contribution in [2.75, 3.05) is 37.9 Å². The van der Waals surface area contributed by atoms with Gasteiger partial charge in [0.2, 0.25) is 0 Å². The van der Waals surface area contributed by atoms with Crippen LogP contribution in [0.5, 0.6) is 5.75 Å². The monoisotopic (exact) mass is 252 g/mol. The Balaban J connectivity index is 2.19. The Morgan fingerprint density at radius 3 is 2.67 bits per heavy atom. The molecule has 0 radical (unpaired) electrons. The second-order valence-electron chi connectivity index (χ2n) is 4.20. The van der Waals surface area contributed by atoms with Crippen LogP contribution < -0.4 is 15.8 Å². The minimum absolute atomic E-state index is 0.709. The summed E-state index contributed by atoms with van der Waals surface area (Å²) in [6.07, 6.45) is 3.30. The van der Waals surface area contributed by atoms with E-state index in [4.69, 9.17) is 15.2 Å². The molecular weight excluding hydrogens is 228 g/mol. The van der Waals surface area contributed by atoms with E-state index >= 15 is 0 Å². The third-order valence-electron chi connectivity index (χ3n) is 2.68. The summed E-state index contributed by atoms with van der Waals surface area (Å²) in [6.45, 7) is 4.68. The van der Waals surface area contributed by atoms with E-state index in [0.717, 1.165) is 44.0 Å². The van der Waals surface area contributed by atoms with Gasteiger partial charge < -0.3 is 20.5 Å². The molecule has 0 unspecified atom stereocenters. The van der Waals surface area contributed by atoms with Gasteiger partial charge in [0.25, 0.3) is 0 Å². The number of ether oxygens (including phenoxy) is 2. The third kappa shape index (κ3) is 5.27. The molecule has 0 bridgehead atoms. The number of rotatable bonds is 9. The normalized spacial score (nSPS) is 10.3. The third-order valence-corrected chi connectivity index (χ3v) is 2.68. The molecule has 0 heterocycles. The van der Waals surface area contributed by atoms with Gasteiger partial charge in [0.15, 0.2) is 0 Å². The van der Waals surface area contributed by atoms with Gasteiger partial charge in [-0.05, 0) is 25.0 Å². The van der Waals surface area contributed by atoms with Gasteiger partial charge in [-0.1, -0.05) is 13.3 Å². The Morgan fingerprint density at radius 2 is 2.00 bits per heavy atom. The van der Waals surface area contributed by atoms with Crippen LogP contribution in [0.15, 0.2) is 18.2 Å². The molecule has 18 heavy (non-hydrogen) atoms. The quantitative estimate of drug-likeness (QED) is 0.524. The summed E-state index contributed by atoms with van der Waals surface area (Å²) in [7, 11) is 1.63. The fraction of sp³-hybridized carbons (Fsp3) is 0.571. The lowest BCUT2D eigenvalue weighted by atomic mass is 10.2. The summed E-state index contributed by atoms with van der Waals surface area (Å²) < 4.78 is 10.6. The second-order valence-corrected chi connectivity index (χ2v) is 4.20. The molecular formula is C14H24N2O2. The molecule has 1 aromatic rings. The van der Waals surface area contributed by atoms with Gasteiger partial charge in [-0.15, -0.1) is 0 Å². The highest BCUT2D eigenvalue weighted by Crippen LogP contribution is 2.23. The van der Waals surface area contributed by atoms with Crippen molar-refractivity contribution in [3.8, 4) is 5.75 Å². The van der Waals surface area contributed by atoms with Crippen molar-refractivity contribution in [3.05, 3.63) is 18.2 Å². The maximum absolute atomic E-state index is 5.90. The number of benzene rings is 1. The number of methoxy groups -OCH3 is 1. The lowest BCUT2D eigenvalue weighted by Gasteiger charge is -2.10. The molecule has 102 valence electrons. The number of hydrogen-bond donors (Lipinski definition) is 2. The summed E-state index contributed by atoms with van der Waals surface area (Å²) in [5.74, 6) is 0.779. The van der Waals surface area contributed by atoms with Crippen LogP contribution in [0, 0.1) is 0 Å². The minimum Gasteiger partial charge on any atom is -0.497 e. The van der Waals surface area contributed by atoms with Gasteiger partial charge >= 0.3 is 0 Å². The van der Waals surface area contributed by atoms with E-state index in [2.05, 4.69) is 12.2 Å². The number of anilines is 2. The number of unbranched alkanes of at least 4 members (excludes halogenated alkanes) is 1. The Morgan fingerprint density at radius 1 is 1.22 bits per heavy atom. The van der Waals surface area contributed by atoms with Crippen LogP contribution in [0.2, 0.25) is 0 Å². The van der Waals surface area contributed by atoms with Crippen molar-refractivity contribution in [1.29, 1.82) is 0 Å². The van der Waals surface area contributed by atoms with Crippen LogP contribution in [0.25, 0.3) is 0 Å². The Labute approximate surface area is 109 Å². The standard InChI is InChI=1S/C14H24N2O2/c1-3-4-9-18-10-5-8-16-14-7-6-12(17-2)11-13(14)15/h6-7,11,16H,3-5,8-10,15H2,1-2H3. The molecule has 0 aliphatic heterocycles. The van der Waals surface area contributed by atoms with E-state index in [0.29, 0.717) is 5.69 Å². The SMILES string of the molecule is CCCCOCCCNc1ccc(OC)cc1N. The maximum Gasteiger partial charge on any atom is 0.121 e. The second kappa shape index (κ2) is 8.64. The summed E-state index contributed by atoms with van der Waals surface area (Å²) in [5.41, 5.74) is 7.56. The first-order valence-corrected chi connectivity index (χ1v) is 6.53. The van der Waals surface area contributed by atoms with E-state index in [-0.39, 0.29) is 0 Å². The van der Waals surface area contributed by atoms with Crippen LogP contribution in [0.4, 0.5) is 11.4 Å². The highest BCUT2D eigenvalue weighted by molar-refractivity contribution is 5.68. The van der Waals surface area contributed by atoms with Crippen molar-refractivity contribution in [2.24, 2.45) is 0 Å². The summed E-state index contributed by atoms with van der Waals surface area (Å²) >= 11 is 0. The molecule has 0 aromatic heterocycles. The molecule has 0 atom stereocenters. The number of nitrogen functional groups attached to an aromatic ring is 1. The van der Waals surface area contributed by atoms with Gasteiger partial charge in [0, 0.05) is 25.8 Å². The lowest BCUT2D eigenvalue weighted by molar-refractivity contribution is 0.131. The van der Waals surface area contributed by atoms with E-state index in [1.807, 2.05) is 18.2 Å². The highest BCUT2D eigenvalue weighted by atomic mass is 16.5. The zero-order chi connectivity index (χ0) is 13.2. The first-order chi connectivity index (χ1) is 8.77. The predicted molar refractivity (Wildman–Crippen MR) is 76.2 cm³/mol. The summed E-state index contributed by atoms with van der Waals surface area (Å²) in [6, 6.07) is 5.66. The molecule has 3 N–H and O–H groups in total. The van der Waals surface area contributed by atoms with Crippen LogP contribution in [-0.2, 0) is 4.74 Å². The molecule has 0 aliphatic rings. The van der Waals surface area contributed by atoms with Gasteiger partial charge in [-0.2, -0.15) is 0 Å². The van der Waals surface area contributed by atoms with Gasteiger partial charge in [-0.25, -0.2) is 0 Å². The maximum atomic E-state index is 5.90. The van der Waals surface area contributed by atoms with Crippen molar-refractivity contribution in [2.45, 2.75) is 26.2 Å². The lowest BCUT2D eigenvalue weighted by Crippen LogP contribution is -2.07. The fourth-order valence-electron chi connectivity index (χ4n) is 1.57. The van der Waals surface area contributed by atoms with Gasteiger partial charge in [0.05, 0.1) is 18.5 Å². The zero-order valence-corrected chi connectivity index (χ0v) is 11.4. The number of nitrogens with two attached hydrogens (primary N) is 1.